The van der Waals surface area contributed by atoms with Gasteiger partial charge in [-0.05, 0) is 31.0 Å². The third-order valence-corrected chi connectivity index (χ3v) is 3.31. The van der Waals surface area contributed by atoms with Gasteiger partial charge in [0.2, 0.25) is 0 Å². The molecular weight excluding hydrogens is 252 g/mol. The maximum Gasteiger partial charge on any atom is 0.269 e. The second kappa shape index (κ2) is 6.19. The van der Waals surface area contributed by atoms with Crippen LogP contribution in [0.1, 0.15) is 30.5 Å². The number of nitro benzene ring substituents is 1. The largest absolute Gasteiger partial charge is 0.378 e. The average molecular weight is 270 g/mol. The Balaban J connectivity index is 2.13. The molecule has 0 aromatic heterocycles. The zero-order valence-electron chi connectivity index (χ0n) is 11.7. The molecule has 1 N–H and O–H groups in total. The first-order chi connectivity index (χ1) is 9.60. The van der Waals surface area contributed by atoms with E-state index in [1.807, 2.05) is 0 Å². The second-order valence-electron chi connectivity index (χ2n) is 4.82. The van der Waals surface area contributed by atoms with Crippen LogP contribution < -0.4 is 5.32 Å². The molecule has 0 saturated carbocycles. The van der Waals surface area contributed by atoms with Crippen LogP contribution in [0.4, 0.5) is 11.4 Å². The Labute approximate surface area is 118 Å². The zero-order valence-corrected chi connectivity index (χ0v) is 11.7. The predicted molar refractivity (Wildman–Crippen MR) is 80.9 cm³/mol. The highest BCUT2D eigenvalue weighted by Gasteiger charge is 2.10. The molecule has 1 unspecified atom stereocenters. The number of hydrogen-bond acceptors (Lipinski definition) is 3. The van der Waals surface area contributed by atoms with Gasteiger partial charge in [0.1, 0.15) is 0 Å². The molecule has 0 heterocycles. The van der Waals surface area contributed by atoms with Gasteiger partial charge in [-0.15, -0.1) is 0 Å². The number of rotatable bonds is 5. The van der Waals surface area contributed by atoms with E-state index in [9.17, 15) is 10.1 Å². The van der Waals surface area contributed by atoms with Gasteiger partial charge in [-0.25, -0.2) is 0 Å². The summed E-state index contributed by atoms with van der Waals surface area (Å²) in [7, 11) is 0. The van der Waals surface area contributed by atoms with Gasteiger partial charge < -0.3 is 5.32 Å². The molecule has 0 radical (unpaired) electrons. The van der Waals surface area contributed by atoms with Gasteiger partial charge >= 0.3 is 0 Å². The normalized spacial score (nSPS) is 11.9. The molecule has 0 amide bonds. The molecule has 0 aliphatic carbocycles. The third-order valence-electron chi connectivity index (χ3n) is 3.31. The van der Waals surface area contributed by atoms with Crippen molar-refractivity contribution in [3.05, 3.63) is 69.8 Å². The highest BCUT2D eigenvalue weighted by Crippen LogP contribution is 2.24. The molecule has 0 spiro atoms. The van der Waals surface area contributed by atoms with Gasteiger partial charge in [-0.2, -0.15) is 0 Å². The number of non-ortho nitro benzene ring substituents is 1. The first-order valence-corrected chi connectivity index (χ1v) is 6.67. The Bertz CT molecular complexity index is 576. The molecule has 0 fully saturated rings. The number of nitrogens with zero attached hydrogens (tertiary/aromatic N) is 1. The van der Waals surface area contributed by atoms with Crippen LogP contribution in [0.3, 0.4) is 0 Å². The Morgan fingerprint density at radius 2 is 1.70 bits per heavy atom. The number of benzene rings is 2. The van der Waals surface area contributed by atoms with Gasteiger partial charge in [0.05, 0.1) is 11.0 Å². The summed E-state index contributed by atoms with van der Waals surface area (Å²) in [6, 6.07) is 15.1. The summed E-state index contributed by atoms with van der Waals surface area (Å²) in [5.74, 6) is 0. The zero-order chi connectivity index (χ0) is 14.5. The van der Waals surface area contributed by atoms with Gasteiger partial charge in [-0.1, -0.05) is 36.8 Å². The van der Waals surface area contributed by atoms with Crippen molar-refractivity contribution >= 4 is 11.4 Å². The van der Waals surface area contributed by atoms with Gasteiger partial charge in [0.15, 0.2) is 0 Å². The minimum absolute atomic E-state index is 0.110. The van der Waals surface area contributed by atoms with E-state index in [2.05, 4.69) is 43.4 Å². The van der Waals surface area contributed by atoms with Crippen LogP contribution >= 0.6 is 0 Å². The molecular formula is C16H18N2O2. The molecule has 2 aromatic rings. The van der Waals surface area contributed by atoms with E-state index < -0.39 is 0 Å². The van der Waals surface area contributed by atoms with Crippen LogP contribution in [0, 0.1) is 17.0 Å². The number of nitrogens with one attached hydrogen (secondary N) is 1. The molecule has 4 heteroatoms. The van der Waals surface area contributed by atoms with Crippen LogP contribution in [-0.2, 0) is 0 Å². The monoisotopic (exact) mass is 270 g/mol. The van der Waals surface area contributed by atoms with Crippen molar-refractivity contribution in [2.75, 3.05) is 5.32 Å². The van der Waals surface area contributed by atoms with Crippen molar-refractivity contribution < 1.29 is 4.92 Å². The maximum absolute atomic E-state index is 10.6. The van der Waals surface area contributed by atoms with E-state index in [1.165, 1.54) is 23.3 Å². The maximum atomic E-state index is 10.6. The second-order valence-corrected chi connectivity index (χ2v) is 4.82. The predicted octanol–water partition coefficient (Wildman–Crippen LogP) is 4.47. The lowest BCUT2D eigenvalue weighted by Crippen LogP contribution is -2.09. The Morgan fingerprint density at radius 3 is 2.20 bits per heavy atom. The van der Waals surface area contributed by atoms with Crippen LogP contribution in [0.15, 0.2) is 48.5 Å². The quantitative estimate of drug-likeness (QED) is 0.644. The van der Waals surface area contributed by atoms with E-state index in [0.29, 0.717) is 0 Å². The Kier molecular flexibility index (Phi) is 4.35. The lowest BCUT2D eigenvalue weighted by molar-refractivity contribution is -0.384. The summed E-state index contributed by atoms with van der Waals surface area (Å²) < 4.78 is 0. The summed E-state index contributed by atoms with van der Waals surface area (Å²) in [6.07, 6.45) is 0.944. The van der Waals surface area contributed by atoms with E-state index in [-0.39, 0.29) is 16.7 Å². The summed E-state index contributed by atoms with van der Waals surface area (Å²) >= 11 is 0. The molecule has 20 heavy (non-hydrogen) atoms. The van der Waals surface area contributed by atoms with E-state index in [1.54, 1.807) is 12.1 Å². The first kappa shape index (κ1) is 14.1. The number of anilines is 1. The van der Waals surface area contributed by atoms with Crippen LogP contribution in [-0.4, -0.2) is 4.92 Å². The van der Waals surface area contributed by atoms with Crippen molar-refractivity contribution in [3.8, 4) is 0 Å². The Morgan fingerprint density at radius 1 is 1.10 bits per heavy atom. The van der Waals surface area contributed by atoms with Gasteiger partial charge in [-0.3, -0.25) is 10.1 Å². The summed E-state index contributed by atoms with van der Waals surface area (Å²) in [6.45, 7) is 4.18. The lowest BCUT2D eigenvalue weighted by atomic mass is 10.0. The van der Waals surface area contributed by atoms with E-state index >= 15 is 0 Å². The molecule has 0 bridgehead atoms. The fourth-order valence-electron chi connectivity index (χ4n) is 2.10. The molecule has 104 valence electrons. The molecule has 0 saturated heterocycles. The first-order valence-electron chi connectivity index (χ1n) is 6.67. The number of aryl methyl sites for hydroxylation is 1. The van der Waals surface area contributed by atoms with E-state index in [4.69, 9.17) is 0 Å². The van der Waals surface area contributed by atoms with Crippen LogP contribution in [0.25, 0.3) is 0 Å². The fourth-order valence-corrected chi connectivity index (χ4v) is 2.10. The molecule has 1 atom stereocenters. The molecule has 2 aromatic carbocycles. The number of hydrogen-bond donors (Lipinski definition) is 1. The topological polar surface area (TPSA) is 55.2 Å². The number of nitro groups is 1. The van der Waals surface area contributed by atoms with Crippen molar-refractivity contribution in [2.24, 2.45) is 0 Å². The minimum Gasteiger partial charge on any atom is -0.378 e. The smallest absolute Gasteiger partial charge is 0.269 e. The highest BCUT2D eigenvalue weighted by atomic mass is 16.6. The fraction of sp³-hybridized carbons (Fsp3) is 0.250. The molecule has 0 aliphatic heterocycles. The van der Waals surface area contributed by atoms with Crippen molar-refractivity contribution in [1.29, 1.82) is 0 Å². The molecule has 0 aliphatic rings. The molecule has 4 nitrogen and oxygen atoms in total. The lowest BCUT2D eigenvalue weighted by Gasteiger charge is -2.19. The summed E-state index contributed by atoms with van der Waals surface area (Å²) in [5.41, 5.74) is 3.46. The SMILES string of the molecule is CCC(Nc1ccc([N+](=O)[O-])cc1)c1ccc(C)cc1. The Hall–Kier alpha value is -2.36. The summed E-state index contributed by atoms with van der Waals surface area (Å²) in [4.78, 5) is 10.2. The van der Waals surface area contributed by atoms with Crippen molar-refractivity contribution in [1.82, 2.24) is 0 Å². The molecule has 2 rings (SSSR count). The third kappa shape index (κ3) is 3.35. The van der Waals surface area contributed by atoms with Crippen molar-refractivity contribution in [2.45, 2.75) is 26.3 Å². The van der Waals surface area contributed by atoms with E-state index in [0.717, 1.165) is 12.1 Å². The van der Waals surface area contributed by atoms with Crippen LogP contribution in [0.2, 0.25) is 0 Å². The summed E-state index contributed by atoms with van der Waals surface area (Å²) in [5, 5.41) is 14.0. The van der Waals surface area contributed by atoms with Crippen LogP contribution in [0.5, 0.6) is 0 Å². The minimum atomic E-state index is -0.388. The van der Waals surface area contributed by atoms with Gasteiger partial charge in [0.25, 0.3) is 5.69 Å². The average Bonchev–Trinajstić information content (AvgIpc) is 2.46. The van der Waals surface area contributed by atoms with Crippen molar-refractivity contribution in [3.63, 3.8) is 0 Å². The van der Waals surface area contributed by atoms with Gasteiger partial charge in [0, 0.05) is 17.8 Å². The standard InChI is InChI=1S/C16H18N2O2/c1-3-16(13-6-4-12(2)5-7-13)17-14-8-10-15(11-9-14)18(19)20/h4-11,16-17H,3H2,1-2H3. The highest BCUT2D eigenvalue weighted by molar-refractivity contribution is 5.50.